The van der Waals surface area contributed by atoms with E-state index in [4.69, 9.17) is 0 Å². The highest BCUT2D eigenvalue weighted by Crippen LogP contribution is 2.56. The molecule has 1 atom stereocenters. The average Bonchev–Trinajstić information content (AvgIpc) is 3.41. The Balaban J connectivity index is 1.50. The first-order valence-electron chi connectivity index (χ1n) is 10.1. The Morgan fingerprint density at radius 1 is 1.33 bits per heavy atom. The molecule has 0 N–H and O–H groups in total. The molecule has 4 aliphatic heterocycles. The fraction of sp³-hybridized carbons (Fsp3) is 0.476. The minimum absolute atomic E-state index is 0.138. The van der Waals surface area contributed by atoms with Crippen molar-refractivity contribution in [2.75, 3.05) is 35.2 Å². The maximum absolute atomic E-state index is 13.5. The third kappa shape index (κ3) is 3.27. The zero-order chi connectivity index (χ0) is 20.7. The number of aliphatic imine (C=N–C) groups is 1. The molecule has 156 valence electrons. The van der Waals surface area contributed by atoms with Gasteiger partial charge in [-0.1, -0.05) is 13.0 Å². The molecular weight excluding hydrogens is 453 g/mol. The summed E-state index contributed by atoms with van der Waals surface area (Å²) >= 11 is 7.06. The molecule has 5 rings (SSSR count). The van der Waals surface area contributed by atoms with Crippen LogP contribution >= 0.6 is 47.0 Å². The van der Waals surface area contributed by atoms with E-state index >= 15 is 0 Å². The molecule has 4 aliphatic rings. The Kier molecular flexibility index (Phi) is 5.78. The van der Waals surface area contributed by atoms with Crippen LogP contribution < -0.4 is 4.90 Å². The number of nitrogens with zero attached hydrogens (tertiary/aromatic N) is 4. The van der Waals surface area contributed by atoms with E-state index in [1.54, 1.807) is 23.5 Å². The highest BCUT2D eigenvalue weighted by molar-refractivity contribution is 8.14. The first-order chi connectivity index (χ1) is 14.7. The van der Waals surface area contributed by atoms with Crippen LogP contribution in [0.15, 0.2) is 37.9 Å². The van der Waals surface area contributed by atoms with Gasteiger partial charge in [0.25, 0.3) is 5.91 Å². The number of amides is 1. The van der Waals surface area contributed by atoms with Crippen LogP contribution in [0.3, 0.4) is 0 Å². The van der Waals surface area contributed by atoms with E-state index in [0.29, 0.717) is 19.4 Å². The van der Waals surface area contributed by atoms with Crippen molar-refractivity contribution in [1.29, 1.82) is 5.26 Å². The zero-order valence-electron chi connectivity index (χ0n) is 16.7. The Morgan fingerprint density at radius 3 is 3.03 bits per heavy atom. The minimum Gasteiger partial charge on any atom is -0.318 e. The molecule has 0 aromatic heterocycles. The van der Waals surface area contributed by atoms with Crippen LogP contribution in [0.5, 0.6) is 0 Å². The molecule has 0 fully saturated rings. The number of carbonyl (C=O) groups excluding carboxylic acids is 1. The molecule has 0 spiro atoms. The summed E-state index contributed by atoms with van der Waals surface area (Å²) in [6, 6.07) is 8.86. The maximum atomic E-state index is 13.5. The number of anilines is 1. The highest BCUT2D eigenvalue weighted by atomic mass is 32.2. The molecule has 9 heteroatoms. The Hall–Kier alpha value is -1.21. The van der Waals surface area contributed by atoms with Crippen molar-refractivity contribution in [3.8, 4) is 6.07 Å². The smallest absolute Gasteiger partial charge is 0.262 e. The van der Waals surface area contributed by atoms with Gasteiger partial charge in [-0.3, -0.25) is 9.79 Å². The minimum atomic E-state index is -0.414. The predicted octanol–water partition coefficient (Wildman–Crippen LogP) is 4.76. The normalized spacial score (nSPS) is 24.7. The number of fused-ring (bicyclic) bond motifs is 3. The fourth-order valence-electron chi connectivity index (χ4n) is 4.38. The lowest BCUT2D eigenvalue weighted by Crippen LogP contribution is -2.45. The Labute approximate surface area is 194 Å². The lowest BCUT2D eigenvalue weighted by molar-refractivity contribution is -0.127. The van der Waals surface area contributed by atoms with Gasteiger partial charge in [-0.05, 0) is 41.6 Å². The van der Waals surface area contributed by atoms with Crippen molar-refractivity contribution in [3.63, 3.8) is 0 Å². The quantitative estimate of drug-likeness (QED) is 0.589. The summed E-state index contributed by atoms with van der Waals surface area (Å²) in [6.45, 7) is 4.50. The number of rotatable bonds is 6. The van der Waals surface area contributed by atoms with E-state index in [2.05, 4.69) is 46.0 Å². The van der Waals surface area contributed by atoms with Gasteiger partial charge in [0.2, 0.25) is 0 Å². The van der Waals surface area contributed by atoms with Gasteiger partial charge in [0, 0.05) is 40.8 Å². The molecule has 4 heterocycles. The lowest BCUT2D eigenvalue weighted by atomic mass is 10.1. The lowest BCUT2D eigenvalue weighted by Gasteiger charge is -2.40. The van der Waals surface area contributed by atoms with Crippen molar-refractivity contribution < 1.29 is 4.79 Å². The van der Waals surface area contributed by atoms with Crippen molar-refractivity contribution >= 4 is 63.8 Å². The molecule has 1 aromatic carbocycles. The van der Waals surface area contributed by atoms with E-state index in [1.807, 2.05) is 23.5 Å². The number of hydrogen-bond acceptors (Lipinski definition) is 8. The first kappa shape index (κ1) is 20.7. The van der Waals surface area contributed by atoms with Crippen LogP contribution in [0.4, 0.5) is 5.69 Å². The number of amidine groups is 1. The summed E-state index contributed by atoms with van der Waals surface area (Å²) in [5.41, 5.74) is 2.36. The van der Waals surface area contributed by atoms with Gasteiger partial charge < -0.3 is 9.80 Å². The van der Waals surface area contributed by atoms with E-state index in [9.17, 15) is 10.1 Å². The van der Waals surface area contributed by atoms with Gasteiger partial charge in [0.05, 0.1) is 23.2 Å². The molecule has 0 saturated carbocycles. The van der Waals surface area contributed by atoms with Gasteiger partial charge in [0.15, 0.2) is 5.17 Å². The van der Waals surface area contributed by atoms with Crippen LogP contribution in [0.1, 0.15) is 25.3 Å². The summed E-state index contributed by atoms with van der Waals surface area (Å²) < 4.78 is 0. The third-order valence-electron chi connectivity index (χ3n) is 5.63. The van der Waals surface area contributed by atoms with Gasteiger partial charge in [-0.2, -0.15) is 5.26 Å². The maximum Gasteiger partial charge on any atom is 0.262 e. The average molecular weight is 475 g/mol. The molecule has 5 nitrogen and oxygen atoms in total. The molecule has 0 saturated heterocycles. The van der Waals surface area contributed by atoms with Crippen LogP contribution in [0.25, 0.3) is 0 Å². The second-order valence-electron chi connectivity index (χ2n) is 7.34. The second-order valence-corrected chi connectivity index (χ2v) is 12.1. The molecular formula is C21H22N4OS4. The monoisotopic (exact) mass is 474 g/mol. The summed E-state index contributed by atoms with van der Waals surface area (Å²) in [5, 5.41) is 10.4. The molecule has 1 unspecified atom stereocenters. The van der Waals surface area contributed by atoms with Gasteiger partial charge in [-0.15, -0.1) is 35.3 Å². The predicted molar refractivity (Wildman–Crippen MR) is 130 cm³/mol. The zero-order valence-corrected chi connectivity index (χ0v) is 20.0. The van der Waals surface area contributed by atoms with Crippen LogP contribution in [0.2, 0.25) is 0 Å². The second kappa shape index (κ2) is 8.38. The Morgan fingerprint density at radius 2 is 2.20 bits per heavy atom. The SMILES string of the molecule is CCSC1(CCC#N)C2=C(SCCS2)C(=O)N1Cc1ccc2c(c1)N1CCN=C1S2. The number of thioether (sulfide) groups is 4. The molecule has 0 bridgehead atoms. The van der Waals surface area contributed by atoms with E-state index < -0.39 is 4.87 Å². The molecule has 1 aromatic rings. The molecule has 1 amide bonds. The van der Waals surface area contributed by atoms with Gasteiger partial charge >= 0.3 is 0 Å². The molecule has 0 aliphatic carbocycles. The van der Waals surface area contributed by atoms with Crippen molar-refractivity contribution in [1.82, 2.24) is 4.90 Å². The summed E-state index contributed by atoms with van der Waals surface area (Å²) in [4.78, 5) is 25.4. The molecule has 0 radical (unpaired) electrons. The van der Waals surface area contributed by atoms with Gasteiger partial charge in [-0.25, -0.2) is 0 Å². The van der Waals surface area contributed by atoms with Crippen molar-refractivity contribution in [2.24, 2.45) is 4.99 Å². The standard InChI is InChI=1S/C21H22N4OS4/c1-2-29-21(6-3-7-22)18-17(27-10-11-28-18)19(26)25(21)13-14-4-5-16-15(12-14)24-9-8-23-20(24)30-16/h4-5,12H,2-3,6,8-11,13H2,1H3. The van der Waals surface area contributed by atoms with E-state index in [1.165, 1.54) is 15.5 Å². The van der Waals surface area contributed by atoms with Crippen LogP contribution in [-0.2, 0) is 11.3 Å². The Bertz CT molecular complexity index is 1000. The summed E-state index contributed by atoms with van der Waals surface area (Å²) in [6.07, 6.45) is 1.14. The summed E-state index contributed by atoms with van der Waals surface area (Å²) in [5.74, 6) is 3.04. The number of hydrogen-bond donors (Lipinski definition) is 0. The van der Waals surface area contributed by atoms with Crippen molar-refractivity contribution in [3.05, 3.63) is 33.6 Å². The van der Waals surface area contributed by atoms with Gasteiger partial charge in [0.1, 0.15) is 4.87 Å². The molecule has 30 heavy (non-hydrogen) atoms. The highest BCUT2D eigenvalue weighted by Gasteiger charge is 2.52. The van der Waals surface area contributed by atoms with E-state index in [0.717, 1.165) is 46.0 Å². The summed E-state index contributed by atoms with van der Waals surface area (Å²) in [7, 11) is 0. The largest absolute Gasteiger partial charge is 0.318 e. The van der Waals surface area contributed by atoms with E-state index in [-0.39, 0.29) is 5.91 Å². The third-order valence-corrected chi connectivity index (χ3v) is 11.0. The number of nitriles is 1. The topological polar surface area (TPSA) is 59.7 Å². The fourth-order valence-corrected chi connectivity index (χ4v) is 9.74. The number of carbonyl (C=O) groups is 1. The van der Waals surface area contributed by atoms with Crippen LogP contribution in [0, 0.1) is 11.3 Å². The first-order valence-corrected chi connectivity index (χ1v) is 13.9. The van der Waals surface area contributed by atoms with Crippen molar-refractivity contribution in [2.45, 2.75) is 36.1 Å². The van der Waals surface area contributed by atoms with Crippen LogP contribution in [-0.4, -0.2) is 51.2 Å². The number of benzene rings is 1.